The van der Waals surface area contributed by atoms with Gasteiger partial charge in [-0.05, 0) is 54.7 Å². The van der Waals surface area contributed by atoms with Crippen molar-refractivity contribution in [2.45, 2.75) is 25.8 Å². The van der Waals surface area contributed by atoms with Gasteiger partial charge in [-0.15, -0.1) is 0 Å². The van der Waals surface area contributed by atoms with Gasteiger partial charge in [0.1, 0.15) is 11.3 Å². The molecule has 37 heavy (non-hydrogen) atoms. The SMILES string of the molecule is COc1cccc(CCNC(=O)[C@H]2CCCN(c3nc4cccnc4n(Cc4ccccc4)c3=O)C2)c1. The number of nitrogens with one attached hydrogen (secondary N) is 1. The Hall–Kier alpha value is -4.20. The maximum atomic E-state index is 13.7. The molecule has 190 valence electrons. The predicted molar refractivity (Wildman–Crippen MR) is 144 cm³/mol. The number of pyridine rings is 1. The number of hydrogen-bond donors (Lipinski definition) is 1. The Bertz CT molecular complexity index is 1440. The molecule has 2 aromatic carbocycles. The first kappa shape index (κ1) is 24.5. The fourth-order valence-electron chi connectivity index (χ4n) is 4.87. The summed E-state index contributed by atoms with van der Waals surface area (Å²) in [6, 6.07) is 21.4. The minimum absolute atomic E-state index is 0.0136. The number of hydrogen-bond acceptors (Lipinski definition) is 6. The highest BCUT2D eigenvalue weighted by Gasteiger charge is 2.28. The maximum absolute atomic E-state index is 13.7. The molecule has 0 unspecified atom stereocenters. The third-order valence-corrected chi connectivity index (χ3v) is 6.81. The van der Waals surface area contributed by atoms with Gasteiger partial charge in [-0.25, -0.2) is 9.97 Å². The van der Waals surface area contributed by atoms with Gasteiger partial charge in [-0.2, -0.15) is 0 Å². The molecule has 8 heteroatoms. The first-order valence-electron chi connectivity index (χ1n) is 12.7. The van der Waals surface area contributed by atoms with E-state index in [1.165, 1.54) is 0 Å². The summed E-state index contributed by atoms with van der Waals surface area (Å²) in [6.45, 7) is 2.11. The van der Waals surface area contributed by atoms with Crippen LogP contribution in [0.2, 0.25) is 0 Å². The number of nitrogens with zero attached hydrogens (tertiary/aromatic N) is 4. The van der Waals surface area contributed by atoms with Crippen molar-refractivity contribution in [2.24, 2.45) is 5.92 Å². The lowest BCUT2D eigenvalue weighted by Crippen LogP contribution is -2.46. The molecule has 0 radical (unpaired) electrons. The standard InChI is InChI=1S/C29H31N5O3/c1-37-24-12-5-10-21(18-24)14-16-31-28(35)23-11-7-17-33(20-23)27-29(36)34(19-22-8-3-2-4-9-22)26-25(32-27)13-6-15-30-26/h2-6,8-10,12-13,15,18,23H,7,11,14,16-17,19-20H2,1H3,(H,31,35)/t23-/m0/s1. The van der Waals surface area contributed by atoms with Gasteiger partial charge >= 0.3 is 0 Å². The zero-order chi connectivity index (χ0) is 25.6. The van der Waals surface area contributed by atoms with E-state index in [9.17, 15) is 9.59 Å². The zero-order valence-corrected chi connectivity index (χ0v) is 21.0. The molecule has 1 aliphatic rings. The van der Waals surface area contributed by atoms with Gasteiger partial charge in [0.25, 0.3) is 5.56 Å². The average molecular weight is 498 g/mol. The van der Waals surface area contributed by atoms with Crippen LogP contribution in [0, 0.1) is 5.92 Å². The lowest BCUT2D eigenvalue weighted by Gasteiger charge is -2.32. The van der Waals surface area contributed by atoms with E-state index >= 15 is 0 Å². The molecule has 4 aromatic rings. The predicted octanol–water partition coefficient (Wildman–Crippen LogP) is 3.42. The van der Waals surface area contributed by atoms with E-state index in [1.54, 1.807) is 17.9 Å². The summed E-state index contributed by atoms with van der Waals surface area (Å²) in [5.74, 6) is 1.00. The Kier molecular flexibility index (Phi) is 7.44. The summed E-state index contributed by atoms with van der Waals surface area (Å²) in [5, 5.41) is 3.08. The number of aromatic nitrogens is 3. The van der Waals surface area contributed by atoms with Gasteiger partial charge in [0.2, 0.25) is 5.91 Å². The highest BCUT2D eigenvalue weighted by Crippen LogP contribution is 2.22. The summed E-state index contributed by atoms with van der Waals surface area (Å²) in [7, 11) is 1.65. The minimum Gasteiger partial charge on any atom is -0.497 e. The van der Waals surface area contributed by atoms with Crippen LogP contribution in [0.1, 0.15) is 24.0 Å². The van der Waals surface area contributed by atoms with E-state index in [4.69, 9.17) is 9.72 Å². The van der Waals surface area contributed by atoms with Gasteiger partial charge < -0.3 is 15.0 Å². The van der Waals surface area contributed by atoms with Gasteiger partial charge in [-0.3, -0.25) is 14.2 Å². The highest BCUT2D eigenvalue weighted by atomic mass is 16.5. The number of methoxy groups -OCH3 is 1. The molecule has 0 bridgehead atoms. The second-order valence-electron chi connectivity index (χ2n) is 9.34. The molecule has 8 nitrogen and oxygen atoms in total. The Morgan fingerprint density at radius 3 is 2.76 bits per heavy atom. The van der Waals surface area contributed by atoms with Crippen molar-refractivity contribution in [3.8, 4) is 5.75 Å². The molecule has 1 amide bonds. The van der Waals surface area contributed by atoms with E-state index in [0.717, 1.165) is 36.1 Å². The molecule has 1 aliphatic heterocycles. The quantitative estimate of drug-likeness (QED) is 0.401. The second kappa shape index (κ2) is 11.2. The number of benzene rings is 2. The number of carbonyl (C=O) groups excluding carboxylic acids is 1. The zero-order valence-electron chi connectivity index (χ0n) is 21.0. The van der Waals surface area contributed by atoms with Crippen molar-refractivity contribution in [1.29, 1.82) is 0 Å². The number of fused-ring (bicyclic) bond motifs is 1. The van der Waals surface area contributed by atoms with Crippen molar-refractivity contribution < 1.29 is 9.53 Å². The molecule has 3 heterocycles. The Balaban J connectivity index is 1.32. The van der Waals surface area contributed by atoms with Crippen LogP contribution in [0.4, 0.5) is 5.82 Å². The third-order valence-electron chi connectivity index (χ3n) is 6.81. The van der Waals surface area contributed by atoms with E-state index < -0.39 is 0 Å². The highest BCUT2D eigenvalue weighted by molar-refractivity contribution is 5.79. The summed E-state index contributed by atoms with van der Waals surface area (Å²) in [6.07, 6.45) is 4.01. The molecule has 1 atom stereocenters. The monoisotopic (exact) mass is 497 g/mol. The van der Waals surface area contributed by atoms with Gasteiger partial charge in [0.15, 0.2) is 11.5 Å². The van der Waals surface area contributed by atoms with Gasteiger partial charge in [0.05, 0.1) is 19.6 Å². The van der Waals surface area contributed by atoms with Crippen molar-refractivity contribution in [3.63, 3.8) is 0 Å². The molecule has 0 spiro atoms. The van der Waals surface area contributed by atoms with E-state index in [1.807, 2.05) is 71.6 Å². The van der Waals surface area contributed by atoms with Crippen LogP contribution in [0.15, 0.2) is 77.7 Å². The van der Waals surface area contributed by atoms with Crippen molar-refractivity contribution in [2.75, 3.05) is 31.6 Å². The second-order valence-corrected chi connectivity index (χ2v) is 9.34. The third kappa shape index (κ3) is 5.63. The first-order chi connectivity index (χ1) is 18.1. The smallest absolute Gasteiger partial charge is 0.295 e. The van der Waals surface area contributed by atoms with E-state index in [0.29, 0.717) is 43.2 Å². The normalized spacial score (nSPS) is 15.5. The number of amides is 1. The van der Waals surface area contributed by atoms with Crippen molar-refractivity contribution in [1.82, 2.24) is 19.9 Å². The Labute approximate surface area is 215 Å². The Morgan fingerprint density at radius 2 is 1.92 bits per heavy atom. The lowest BCUT2D eigenvalue weighted by atomic mass is 9.97. The molecule has 1 N–H and O–H groups in total. The summed E-state index contributed by atoms with van der Waals surface area (Å²) in [4.78, 5) is 37.8. The molecule has 5 rings (SSSR count). The van der Waals surface area contributed by atoms with Crippen LogP contribution in [-0.2, 0) is 17.8 Å². The van der Waals surface area contributed by atoms with E-state index in [-0.39, 0.29) is 17.4 Å². The number of carbonyl (C=O) groups is 1. The average Bonchev–Trinajstić information content (AvgIpc) is 2.95. The summed E-state index contributed by atoms with van der Waals surface area (Å²) < 4.78 is 6.96. The van der Waals surface area contributed by atoms with Gasteiger partial charge in [-0.1, -0.05) is 42.5 Å². The number of ether oxygens (including phenoxy) is 1. The molecule has 1 fully saturated rings. The molecular formula is C29H31N5O3. The molecule has 1 saturated heterocycles. The maximum Gasteiger partial charge on any atom is 0.295 e. The number of rotatable bonds is 8. The van der Waals surface area contributed by atoms with Crippen LogP contribution in [-0.4, -0.2) is 47.2 Å². The molecule has 2 aromatic heterocycles. The van der Waals surface area contributed by atoms with Crippen LogP contribution in [0.25, 0.3) is 11.2 Å². The van der Waals surface area contributed by atoms with Crippen LogP contribution >= 0.6 is 0 Å². The van der Waals surface area contributed by atoms with Crippen molar-refractivity contribution >= 4 is 22.9 Å². The number of anilines is 1. The van der Waals surface area contributed by atoms with E-state index in [2.05, 4.69) is 10.3 Å². The van der Waals surface area contributed by atoms with Gasteiger partial charge in [0, 0.05) is 25.8 Å². The van der Waals surface area contributed by atoms with Crippen LogP contribution in [0.5, 0.6) is 5.75 Å². The number of piperidine rings is 1. The molecule has 0 aliphatic carbocycles. The fraction of sp³-hybridized carbons (Fsp3) is 0.310. The summed E-state index contributed by atoms with van der Waals surface area (Å²) in [5.41, 5.74) is 3.16. The minimum atomic E-state index is -0.201. The first-order valence-corrected chi connectivity index (χ1v) is 12.7. The summed E-state index contributed by atoms with van der Waals surface area (Å²) >= 11 is 0. The fourth-order valence-corrected chi connectivity index (χ4v) is 4.87. The topological polar surface area (TPSA) is 89.3 Å². The van der Waals surface area contributed by atoms with Crippen LogP contribution < -0.4 is 20.5 Å². The molecule has 0 saturated carbocycles. The Morgan fingerprint density at radius 1 is 1.08 bits per heavy atom. The van der Waals surface area contributed by atoms with Crippen molar-refractivity contribution in [3.05, 3.63) is 94.4 Å². The lowest BCUT2D eigenvalue weighted by molar-refractivity contribution is -0.125. The largest absolute Gasteiger partial charge is 0.497 e. The molecular weight excluding hydrogens is 466 g/mol. The van der Waals surface area contributed by atoms with Crippen LogP contribution in [0.3, 0.4) is 0 Å².